The molecule has 1 aromatic carbocycles. The van der Waals surface area contributed by atoms with E-state index in [1.807, 2.05) is 0 Å². The summed E-state index contributed by atoms with van der Waals surface area (Å²) in [5, 5.41) is 0. The molecule has 0 amide bonds. The molecule has 0 N–H and O–H groups in total. The Hall–Kier alpha value is -1.02. The highest BCUT2D eigenvalue weighted by Gasteiger charge is 2.42. The van der Waals surface area contributed by atoms with E-state index in [2.05, 4.69) is 41.0 Å². The van der Waals surface area contributed by atoms with Crippen LogP contribution in [0.25, 0.3) is 0 Å². The third-order valence-electron chi connectivity index (χ3n) is 5.94. The van der Waals surface area contributed by atoms with Crippen molar-refractivity contribution in [1.82, 2.24) is 4.90 Å². The summed E-state index contributed by atoms with van der Waals surface area (Å²) in [6.07, 6.45) is 6.05. The molecule has 4 rings (SSSR count). The van der Waals surface area contributed by atoms with Crippen molar-refractivity contribution in [2.45, 2.75) is 38.6 Å². The number of fused-ring (bicyclic) bond motifs is 2. The minimum absolute atomic E-state index is 0.924. The van der Waals surface area contributed by atoms with Crippen molar-refractivity contribution in [2.75, 3.05) is 31.1 Å². The molecular weight excluding hydrogens is 244 g/mol. The first kappa shape index (κ1) is 12.7. The predicted molar refractivity (Wildman–Crippen MR) is 84.2 cm³/mol. The summed E-state index contributed by atoms with van der Waals surface area (Å²) in [4.78, 5) is 5.39. The minimum Gasteiger partial charge on any atom is -0.369 e. The molecule has 1 saturated heterocycles. The maximum absolute atomic E-state index is 2.80. The van der Waals surface area contributed by atoms with Crippen LogP contribution in [0.15, 0.2) is 24.3 Å². The topological polar surface area (TPSA) is 6.48 Å². The molecule has 0 spiro atoms. The van der Waals surface area contributed by atoms with Gasteiger partial charge in [0.15, 0.2) is 0 Å². The minimum atomic E-state index is 0.924. The van der Waals surface area contributed by atoms with Gasteiger partial charge >= 0.3 is 0 Å². The van der Waals surface area contributed by atoms with E-state index < -0.39 is 0 Å². The van der Waals surface area contributed by atoms with Crippen molar-refractivity contribution < 1.29 is 0 Å². The van der Waals surface area contributed by atoms with Crippen LogP contribution < -0.4 is 4.90 Å². The summed E-state index contributed by atoms with van der Waals surface area (Å²) >= 11 is 0. The van der Waals surface area contributed by atoms with E-state index in [9.17, 15) is 0 Å². The Morgan fingerprint density at radius 3 is 2.40 bits per heavy atom. The van der Waals surface area contributed by atoms with E-state index in [0.29, 0.717) is 0 Å². The molecule has 2 nitrogen and oxygen atoms in total. The molecule has 0 radical (unpaired) electrons. The first-order valence-electron chi connectivity index (χ1n) is 8.36. The predicted octanol–water partition coefficient (Wildman–Crippen LogP) is 3.31. The Kier molecular flexibility index (Phi) is 3.22. The van der Waals surface area contributed by atoms with Crippen molar-refractivity contribution in [3.63, 3.8) is 0 Å². The fourth-order valence-electron chi connectivity index (χ4n) is 4.87. The fourth-order valence-corrected chi connectivity index (χ4v) is 4.87. The quantitative estimate of drug-likeness (QED) is 0.813. The maximum atomic E-state index is 2.80. The molecule has 2 aliphatic carbocycles. The molecule has 1 aromatic rings. The van der Waals surface area contributed by atoms with Crippen LogP contribution in [-0.2, 0) is 0 Å². The Balaban J connectivity index is 1.40. The van der Waals surface area contributed by atoms with Crippen LogP contribution in [0.5, 0.6) is 0 Å². The molecular formula is C18H26N2. The third kappa shape index (κ3) is 2.14. The van der Waals surface area contributed by atoms with Crippen LogP contribution in [0.4, 0.5) is 5.69 Å². The molecule has 2 heteroatoms. The van der Waals surface area contributed by atoms with Crippen molar-refractivity contribution in [2.24, 2.45) is 11.8 Å². The van der Waals surface area contributed by atoms with Crippen molar-refractivity contribution in [1.29, 1.82) is 0 Å². The second-order valence-electron chi connectivity index (χ2n) is 7.05. The Morgan fingerprint density at radius 1 is 0.950 bits per heavy atom. The van der Waals surface area contributed by atoms with E-state index in [-0.39, 0.29) is 0 Å². The molecule has 2 bridgehead atoms. The highest BCUT2D eigenvalue weighted by molar-refractivity contribution is 5.53. The Morgan fingerprint density at radius 2 is 1.75 bits per heavy atom. The van der Waals surface area contributed by atoms with Gasteiger partial charge in [-0.2, -0.15) is 0 Å². The number of para-hydroxylation sites is 1. The maximum Gasteiger partial charge on any atom is 0.0396 e. The average molecular weight is 270 g/mol. The summed E-state index contributed by atoms with van der Waals surface area (Å²) < 4.78 is 0. The van der Waals surface area contributed by atoms with Gasteiger partial charge in [-0.15, -0.1) is 0 Å². The average Bonchev–Trinajstić information content (AvgIpc) is 3.11. The van der Waals surface area contributed by atoms with E-state index >= 15 is 0 Å². The fraction of sp³-hybridized carbons (Fsp3) is 0.667. The number of hydrogen-bond acceptors (Lipinski definition) is 2. The van der Waals surface area contributed by atoms with E-state index in [1.165, 1.54) is 63.1 Å². The number of hydrogen-bond donors (Lipinski definition) is 0. The Bertz CT molecular complexity index is 476. The van der Waals surface area contributed by atoms with Crippen LogP contribution in [0.3, 0.4) is 0 Å². The smallest absolute Gasteiger partial charge is 0.0396 e. The molecule has 0 aromatic heterocycles. The van der Waals surface area contributed by atoms with Crippen LogP contribution >= 0.6 is 0 Å². The SMILES string of the molecule is Cc1ccccc1N1CCN([C@H]2C[C@H]3CC[C@H]2C3)CC1. The van der Waals surface area contributed by atoms with Crippen LogP contribution in [0.1, 0.15) is 31.2 Å². The monoisotopic (exact) mass is 270 g/mol. The van der Waals surface area contributed by atoms with Crippen molar-refractivity contribution in [3.8, 4) is 0 Å². The third-order valence-corrected chi connectivity index (χ3v) is 5.94. The first-order valence-corrected chi connectivity index (χ1v) is 8.36. The van der Waals surface area contributed by atoms with E-state index in [4.69, 9.17) is 0 Å². The zero-order valence-electron chi connectivity index (χ0n) is 12.6. The molecule has 3 aliphatic rings. The lowest BCUT2D eigenvalue weighted by atomic mass is 9.93. The van der Waals surface area contributed by atoms with Gasteiger partial charge in [0.25, 0.3) is 0 Å². The van der Waals surface area contributed by atoms with Gasteiger partial charge in [0.05, 0.1) is 0 Å². The van der Waals surface area contributed by atoms with Crippen LogP contribution in [0.2, 0.25) is 0 Å². The van der Waals surface area contributed by atoms with Crippen molar-refractivity contribution >= 4 is 5.69 Å². The van der Waals surface area contributed by atoms with Gasteiger partial charge in [-0.1, -0.05) is 24.6 Å². The number of rotatable bonds is 2. The van der Waals surface area contributed by atoms with Gasteiger partial charge < -0.3 is 4.90 Å². The van der Waals surface area contributed by atoms with Gasteiger partial charge in [0.1, 0.15) is 0 Å². The van der Waals surface area contributed by atoms with Gasteiger partial charge in [-0.25, -0.2) is 0 Å². The molecule has 3 atom stereocenters. The van der Waals surface area contributed by atoms with Crippen LogP contribution in [0, 0.1) is 18.8 Å². The summed E-state index contributed by atoms with van der Waals surface area (Å²) in [6, 6.07) is 9.75. The van der Waals surface area contributed by atoms with Gasteiger partial charge in [0.2, 0.25) is 0 Å². The summed E-state index contributed by atoms with van der Waals surface area (Å²) in [5.41, 5.74) is 2.86. The standard InChI is InChI=1S/C18H26N2/c1-14-4-2-3-5-17(14)19-8-10-20(11-9-19)18-13-15-6-7-16(18)12-15/h2-5,15-16,18H,6-13H2,1H3/t15-,16-,18-/m0/s1. The molecule has 0 unspecified atom stereocenters. The number of piperazine rings is 1. The molecule has 2 saturated carbocycles. The number of nitrogens with zero attached hydrogens (tertiary/aromatic N) is 2. The first-order chi connectivity index (χ1) is 9.81. The second-order valence-corrected chi connectivity index (χ2v) is 7.05. The lowest BCUT2D eigenvalue weighted by Gasteiger charge is -2.42. The van der Waals surface area contributed by atoms with Gasteiger partial charge in [-0.3, -0.25) is 4.90 Å². The number of aryl methyl sites for hydroxylation is 1. The normalized spacial score (nSPS) is 33.9. The largest absolute Gasteiger partial charge is 0.369 e. The molecule has 1 heterocycles. The van der Waals surface area contributed by atoms with Gasteiger partial charge in [-0.05, 0) is 49.7 Å². The van der Waals surface area contributed by atoms with Gasteiger partial charge in [0, 0.05) is 37.9 Å². The molecule has 108 valence electrons. The molecule has 3 fully saturated rings. The zero-order valence-corrected chi connectivity index (χ0v) is 12.6. The molecule has 20 heavy (non-hydrogen) atoms. The lowest BCUT2D eigenvalue weighted by molar-refractivity contribution is 0.135. The summed E-state index contributed by atoms with van der Waals surface area (Å²) in [7, 11) is 0. The summed E-state index contributed by atoms with van der Waals surface area (Å²) in [6.45, 7) is 7.18. The highest BCUT2D eigenvalue weighted by Crippen LogP contribution is 2.46. The second kappa shape index (κ2) is 5.07. The van der Waals surface area contributed by atoms with E-state index in [0.717, 1.165) is 17.9 Å². The van der Waals surface area contributed by atoms with Crippen LogP contribution in [-0.4, -0.2) is 37.1 Å². The Labute approximate surface area is 122 Å². The van der Waals surface area contributed by atoms with E-state index in [1.54, 1.807) is 0 Å². The summed E-state index contributed by atoms with van der Waals surface area (Å²) in [5.74, 6) is 2.10. The highest BCUT2D eigenvalue weighted by atomic mass is 15.3. The lowest BCUT2D eigenvalue weighted by Crippen LogP contribution is -2.51. The number of anilines is 1. The molecule has 1 aliphatic heterocycles. The van der Waals surface area contributed by atoms with Crippen molar-refractivity contribution in [3.05, 3.63) is 29.8 Å². The number of benzene rings is 1. The zero-order chi connectivity index (χ0) is 13.5.